The molecule has 19 heavy (non-hydrogen) atoms. The van der Waals surface area contributed by atoms with E-state index in [1.165, 1.54) is 4.90 Å². The summed E-state index contributed by atoms with van der Waals surface area (Å²) >= 11 is 0. The Hall–Kier alpha value is -2.08. The predicted molar refractivity (Wildman–Crippen MR) is 72.9 cm³/mol. The van der Waals surface area contributed by atoms with Crippen molar-refractivity contribution in [2.24, 2.45) is 5.84 Å². The van der Waals surface area contributed by atoms with Crippen LogP contribution in [0, 0.1) is 0 Å². The second-order valence-corrected chi connectivity index (χ2v) is 4.61. The molecule has 1 aromatic rings. The summed E-state index contributed by atoms with van der Waals surface area (Å²) in [6.07, 6.45) is 2.19. The summed E-state index contributed by atoms with van der Waals surface area (Å²) in [5.41, 5.74) is 10.5. The minimum Gasteiger partial charge on any atom is -0.397 e. The summed E-state index contributed by atoms with van der Waals surface area (Å²) in [7, 11) is 0. The van der Waals surface area contributed by atoms with E-state index in [4.69, 9.17) is 11.6 Å². The molecule has 1 aromatic carbocycles. The predicted octanol–water partition coefficient (Wildman–Crippen LogP) is 0.636. The van der Waals surface area contributed by atoms with Crippen LogP contribution in [0.15, 0.2) is 18.2 Å². The Bertz CT molecular complexity index is 485. The van der Waals surface area contributed by atoms with E-state index >= 15 is 0 Å². The van der Waals surface area contributed by atoms with Gasteiger partial charge in [-0.15, -0.1) is 0 Å². The van der Waals surface area contributed by atoms with Crippen LogP contribution in [0.1, 0.15) is 24.8 Å². The summed E-state index contributed by atoms with van der Waals surface area (Å²) in [6.45, 7) is 0.409. The lowest BCUT2D eigenvalue weighted by Crippen LogP contribution is -2.41. The number of likely N-dealkylation sites (tertiary alicyclic amines) is 1. The van der Waals surface area contributed by atoms with Gasteiger partial charge in [0.2, 0.25) is 11.8 Å². The molecular formula is C13H18N4O2. The van der Waals surface area contributed by atoms with Gasteiger partial charge in [0.05, 0.1) is 11.4 Å². The Morgan fingerprint density at radius 2 is 1.89 bits per heavy atom. The van der Waals surface area contributed by atoms with Gasteiger partial charge in [-0.25, -0.2) is 0 Å². The lowest BCUT2D eigenvalue weighted by Gasteiger charge is -2.24. The molecular weight excluding hydrogens is 244 g/mol. The number of rotatable bonds is 4. The van der Waals surface area contributed by atoms with Crippen LogP contribution in [0.3, 0.4) is 0 Å². The zero-order valence-electron chi connectivity index (χ0n) is 10.7. The van der Waals surface area contributed by atoms with Crippen molar-refractivity contribution < 1.29 is 9.59 Å². The Balaban J connectivity index is 2.00. The number of carbonyl (C=O) groups is 2. The molecule has 1 aliphatic heterocycles. The molecule has 0 bridgehead atoms. The number of benzene rings is 1. The highest BCUT2D eigenvalue weighted by Gasteiger charge is 2.25. The highest BCUT2D eigenvalue weighted by molar-refractivity contribution is 5.97. The molecule has 1 aliphatic rings. The van der Waals surface area contributed by atoms with E-state index < -0.39 is 0 Å². The van der Waals surface area contributed by atoms with E-state index in [0.29, 0.717) is 43.6 Å². The van der Waals surface area contributed by atoms with Crippen molar-refractivity contribution in [1.82, 2.24) is 4.90 Å². The topological polar surface area (TPSA) is 101 Å². The molecule has 102 valence electrons. The summed E-state index contributed by atoms with van der Waals surface area (Å²) in [5, 5.41) is 0. The summed E-state index contributed by atoms with van der Waals surface area (Å²) in [4.78, 5) is 24.6. The van der Waals surface area contributed by atoms with Gasteiger partial charge in [0.15, 0.2) is 0 Å². The fourth-order valence-electron chi connectivity index (χ4n) is 2.19. The number of piperidine rings is 1. The molecule has 2 amide bonds. The van der Waals surface area contributed by atoms with Gasteiger partial charge >= 0.3 is 0 Å². The third-order valence-electron chi connectivity index (χ3n) is 3.28. The fraction of sp³-hybridized carbons (Fsp3) is 0.385. The monoisotopic (exact) mass is 262 g/mol. The van der Waals surface area contributed by atoms with Crippen LogP contribution < -0.4 is 17.0 Å². The van der Waals surface area contributed by atoms with Crippen LogP contribution in [-0.2, 0) is 16.0 Å². The van der Waals surface area contributed by atoms with Crippen LogP contribution in [0.25, 0.3) is 0 Å². The Morgan fingerprint density at radius 3 is 2.47 bits per heavy atom. The number of hydrazine groups is 1. The number of imide groups is 1. The number of nitrogens with one attached hydrogen (secondary N) is 1. The van der Waals surface area contributed by atoms with Gasteiger partial charge in [-0.3, -0.25) is 20.3 Å². The zero-order valence-corrected chi connectivity index (χ0v) is 10.7. The van der Waals surface area contributed by atoms with E-state index in [9.17, 15) is 9.59 Å². The maximum atomic E-state index is 11.6. The van der Waals surface area contributed by atoms with Crippen molar-refractivity contribution in [3.63, 3.8) is 0 Å². The number of hydrogen-bond donors (Lipinski definition) is 3. The first-order valence-corrected chi connectivity index (χ1v) is 6.30. The van der Waals surface area contributed by atoms with Crippen molar-refractivity contribution in [3.05, 3.63) is 23.8 Å². The van der Waals surface area contributed by atoms with Crippen molar-refractivity contribution >= 4 is 23.2 Å². The maximum absolute atomic E-state index is 11.6. The third kappa shape index (κ3) is 3.03. The molecule has 6 heteroatoms. The molecule has 0 atom stereocenters. The minimum atomic E-state index is -0.0792. The quantitative estimate of drug-likeness (QED) is 0.320. The third-order valence-corrected chi connectivity index (χ3v) is 3.28. The first-order valence-electron chi connectivity index (χ1n) is 6.30. The molecule has 2 rings (SSSR count). The molecule has 0 radical (unpaired) electrons. The van der Waals surface area contributed by atoms with Gasteiger partial charge in [0, 0.05) is 19.4 Å². The lowest BCUT2D eigenvalue weighted by molar-refractivity contribution is -0.147. The first-order chi connectivity index (χ1) is 9.11. The molecule has 1 heterocycles. The molecule has 0 saturated carbocycles. The van der Waals surface area contributed by atoms with Gasteiger partial charge in [-0.1, -0.05) is 6.07 Å². The Kier molecular flexibility index (Phi) is 4.01. The van der Waals surface area contributed by atoms with Crippen LogP contribution >= 0.6 is 0 Å². The number of anilines is 2. The van der Waals surface area contributed by atoms with Gasteiger partial charge in [-0.2, -0.15) is 0 Å². The fourth-order valence-corrected chi connectivity index (χ4v) is 2.19. The zero-order chi connectivity index (χ0) is 13.8. The van der Waals surface area contributed by atoms with Crippen molar-refractivity contribution in [2.45, 2.75) is 25.7 Å². The number of hydrogen-bond acceptors (Lipinski definition) is 5. The molecule has 1 saturated heterocycles. The summed E-state index contributed by atoms with van der Waals surface area (Å²) in [5.74, 6) is 5.14. The molecule has 0 aliphatic carbocycles. The standard InChI is InChI=1S/C13H18N4O2/c14-10-8-9(4-5-11(10)16-15)6-7-17-12(18)2-1-3-13(17)19/h4-5,8,16H,1-3,6-7,14-15H2. The average molecular weight is 262 g/mol. The van der Waals surface area contributed by atoms with Crippen LogP contribution in [0.5, 0.6) is 0 Å². The number of nitrogens with zero attached hydrogens (tertiary/aromatic N) is 1. The highest BCUT2D eigenvalue weighted by Crippen LogP contribution is 2.20. The second kappa shape index (κ2) is 5.71. The highest BCUT2D eigenvalue weighted by atomic mass is 16.2. The largest absolute Gasteiger partial charge is 0.397 e. The van der Waals surface area contributed by atoms with Crippen LogP contribution in [0.2, 0.25) is 0 Å². The van der Waals surface area contributed by atoms with Gasteiger partial charge in [0.25, 0.3) is 0 Å². The van der Waals surface area contributed by atoms with Gasteiger partial charge in [-0.05, 0) is 30.5 Å². The van der Waals surface area contributed by atoms with Crippen molar-refractivity contribution in [2.75, 3.05) is 17.7 Å². The number of amides is 2. The molecule has 6 nitrogen and oxygen atoms in total. The van der Waals surface area contributed by atoms with E-state index in [1.54, 1.807) is 12.1 Å². The number of nitrogen functional groups attached to an aromatic ring is 2. The summed E-state index contributed by atoms with van der Waals surface area (Å²) < 4.78 is 0. The number of carbonyl (C=O) groups excluding carboxylic acids is 2. The molecule has 1 fully saturated rings. The van der Waals surface area contributed by atoms with E-state index in [0.717, 1.165) is 5.56 Å². The van der Waals surface area contributed by atoms with Gasteiger partial charge < -0.3 is 11.2 Å². The van der Waals surface area contributed by atoms with Crippen molar-refractivity contribution in [3.8, 4) is 0 Å². The van der Waals surface area contributed by atoms with Crippen molar-refractivity contribution in [1.29, 1.82) is 0 Å². The molecule has 0 spiro atoms. The van der Waals surface area contributed by atoms with Crippen LogP contribution in [-0.4, -0.2) is 23.3 Å². The first kappa shape index (κ1) is 13.4. The normalized spacial score (nSPS) is 15.7. The van der Waals surface area contributed by atoms with E-state index in [-0.39, 0.29) is 11.8 Å². The number of nitrogens with two attached hydrogens (primary N) is 2. The van der Waals surface area contributed by atoms with E-state index in [2.05, 4.69) is 5.43 Å². The van der Waals surface area contributed by atoms with E-state index in [1.807, 2.05) is 6.07 Å². The smallest absolute Gasteiger partial charge is 0.229 e. The maximum Gasteiger partial charge on any atom is 0.229 e. The summed E-state index contributed by atoms with van der Waals surface area (Å²) in [6, 6.07) is 5.46. The van der Waals surface area contributed by atoms with Crippen LogP contribution in [0.4, 0.5) is 11.4 Å². The SMILES string of the molecule is NNc1ccc(CCN2C(=O)CCCC2=O)cc1N. The second-order valence-electron chi connectivity index (χ2n) is 4.61. The molecule has 0 unspecified atom stereocenters. The lowest BCUT2D eigenvalue weighted by atomic mass is 10.1. The molecule has 5 N–H and O–H groups in total. The molecule has 0 aromatic heterocycles. The average Bonchev–Trinajstić information content (AvgIpc) is 2.38. The Morgan fingerprint density at radius 1 is 1.21 bits per heavy atom. The van der Waals surface area contributed by atoms with Gasteiger partial charge in [0.1, 0.15) is 0 Å². The Labute approximate surface area is 111 Å². The minimum absolute atomic E-state index is 0.0792.